The molecule has 1 aliphatic heterocycles. The monoisotopic (exact) mass is 370 g/mol. The van der Waals surface area contributed by atoms with Crippen molar-refractivity contribution in [2.24, 2.45) is 10.9 Å². The number of rotatable bonds is 5. The van der Waals surface area contributed by atoms with E-state index in [2.05, 4.69) is 36.7 Å². The minimum absolute atomic E-state index is 0.130. The number of guanidine groups is 1. The molecule has 3 heterocycles. The van der Waals surface area contributed by atoms with Crippen LogP contribution in [0.5, 0.6) is 5.88 Å². The molecule has 146 valence electrons. The molecule has 0 saturated carbocycles. The minimum atomic E-state index is 0.130. The second-order valence-corrected chi connectivity index (χ2v) is 7.36. The van der Waals surface area contributed by atoms with Crippen molar-refractivity contribution >= 4 is 5.96 Å². The van der Waals surface area contributed by atoms with Gasteiger partial charge in [0, 0.05) is 51.3 Å². The number of hydrogen-bond donors (Lipinski definition) is 1. The van der Waals surface area contributed by atoms with Crippen LogP contribution in [0.2, 0.25) is 0 Å². The van der Waals surface area contributed by atoms with E-state index >= 15 is 0 Å². The van der Waals surface area contributed by atoms with Gasteiger partial charge in [0.1, 0.15) is 0 Å². The third kappa shape index (κ3) is 4.99. The van der Waals surface area contributed by atoms with Gasteiger partial charge >= 0.3 is 0 Å². The molecule has 7 heteroatoms. The zero-order chi connectivity index (χ0) is 19.2. The van der Waals surface area contributed by atoms with Crippen molar-refractivity contribution in [1.29, 1.82) is 0 Å². The van der Waals surface area contributed by atoms with Crippen LogP contribution in [0, 0.1) is 5.92 Å². The van der Waals surface area contributed by atoms with Crippen LogP contribution in [0.4, 0.5) is 0 Å². The van der Waals surface area contributed by atoms with E-state index in [0.29, 0.717) is 24.4 Å². The molecule has 0 aliphatic carbocycles. The Balaban J connectivity index is 1.58. The molecule has 1 N–H and O–H groups in total. The smallest absolute Gasteiger partial charge is 0.213 e. The summed E-state index contributed by atoms with van der Waals surface area (Å²) in [6.45, 7) is 8.92. The minimum Gasteiger partial charge on any atom is -0.475 e. The molecular weight excluding hydrogens is 340 g/mol. The average Bonchev–Trinajstić information content (AvgIpc) is 3.18. The SMILES string of the molecule is CN=C(NCc1ccc(OC(C)C)nc1)N1CCC(C)C(n2ccnc2)C1. The molecule has 7 nitrogen and oxygen atoms in total. The van der Waals surface area contributed by atoms with E-state index in [1.165, 1.54) is 0 Å². The van der Waals surface area contributed by atoms with Crippen LogP contribution in [0.3, 0.4) is 0 Å². The predicted molar refractivity (Wildman–Crippen MR) is 107 cm³/mol. The highest BCUT2D eigenvalue weighted by atomic mass is 16.5. The quantitative estimate of drug-likeness (QED) is 0.647. The van der Waals surface area contributed by atoms with Gasteiger partial charge in [-0.15, -0.1) is 0 Å². The second kappa shape index (κ2) is 8.88. The second-order valence-electron chi connectivity index (χ2n) is 7.36. The summed E-state index contributed by atoms with van der Waals surface area (Å²) in [5, 5.41) is 3.47. The normalized spacial score (nSPS) is 20.8. The summed E-state index contributed by atoms with van der Waals surface area (Å²) in [6.07, 6.45) is 8.92. The molecule has 0 aromatic carbocycles. The molecule has 27 heavy (non-hydrogen) atoms. The third-order valence-electron chi connectivity index (χ3n) is 4.94. The number of likely N-dealkylation sites (tertiary alicyclic amines) is 1. The first kappa shape index (κ1) is 19.2. The number of aliphatic imine (C=N–C) groups is 1. The van der Waals surface area contributed by atoms with Gasteiger partial charge in [-0.3, -0.25) is 4.99 Å². The Morgan fingerprint density at radius 3 is 2.89 bits per heavy atom. The van der Waals surface area contributed by atoms with Crippen molar-refractivity contribution in [3.8, 4) is 5.88 Å². The third-order valence-corrected chi connectivity index (χ3v) is 4.94. The fourth-order valence-electron chi connectivity index (χ4n) is 3.44. The van der Waals surface area contributed by atoms with E-state index in [1.807, 2.05) is 57.9 Å². The lowest BCUT2D eigenvalue weighted by Crippen LogP contribution is -2.48. The first-order chi connectivity index (χ1) is 13.1. The Kier molecular flexibility index (Phi) is 6.32. The van der Waals surface area contributed by atoms with Crippen molar-refractivity contribution in [1.82, 2.24) is 24.8 Å². The molecule has 1 aliphatic rings. The number of pyridine rings is 1. The first-order valence-corrected chi connectivity index (χ1v) is 9.61. The van der Waals surface area contributed by atoms with Gasteiger partial charge in [0.15, 0.2) is 5.96 Å². The molecule has 0 amide bonds. The van der Waals surface area contributed by atoms with Gasteiger partial charge in [0.2, 0.25) is 5.88 Å². The molecule has 1 fully saturated rings. The van der Waals surface area contributed by atoms with Gasteiger partial charge in [-0.05, 0) is 31.7 Å². The van der Waals surface area contributed by atoms with Crippen molar-refractivity contribution in [2.45, 2.75) is 45.9 Å². The Labute approximate surface area is 161 Å². The number of piperidine rings is 1. The average molecular weight is 371 g/mol. The Hall–Kier alpha value is -2.57. The van der Waals surface area contributed by atoms with Gasteiger partial charge in [-0.1, -0.05) is 13.0 Å². The largest absolute Gasteiger partial charge is 0.475 e. The lowest BCUT2D eigenvalue weighted by atomic mass is 9.93. The predicted octanol–water partition coefficient (Wildman–Crippen LogP) is 2.72. The zero-order valence-corrected chi connectivity index (χ0v) is 16.7. The number of ether oxygens (including phenoxy) is 1. The Morgan fingerprint density at radius 1 is 1.41 bits per heavy atom. The summed E-state index contributed by atoms with van der Waals surface area (Å²) >= 11 is 0. The lowest BCUT2D eigenvalue weighted by Gasteiger charge is -2.39. The summed E-state index contributed by atoms with van der Waals surface area (Å²) in [6, 6.07) is 4.36. The van der Waals surface area contributed by atoms with E-state index in [0.717, 1.165) is 31.0 Å². The van der Waals surface area contributed by atoms with Gasteiger partial charge in [0.05, 0.1) is 18.5 Å². The summed E-state index contributed by atoms with van der Waals surface area (Å²) in [5.41, 5.74) is 1.10. The lowest BCUT2D eigenvalue weighted by molar-refractivity contribution is 0.189. The summed E-state index contributed by atoms with van der Waals surface area (Å²) in [4.78, 5) is 15.4. The van der Waals surface area contributed by atoms with Crippen LogP contribution in [0.15, 0.2) is 42.0 Å². The molecular formula is C20H30N6O. The van der Waals surface area contributed by atoms with E-state index in [1.54, 1.807) is 0 Å². The topological polar surface area (TPSA) is 67.6 Å². The van der Waals surface area contributed by atoms with Gasteiger partial charge in [0.25, 0.3) is 0 Å². The van der Waals surface area contributed by atoms with Gasteiger partial charge in [-0.25, -0.2) is 9.97 Å². The number of nitrogens with zero attached hydrogens (tertiary/aromatic N) is 5. The molecule has 2 aromatic heterocycles. The fraction of sp³-hybridized carbons (Fsp3) is 0.550. The molecule has 1 saturated heterocycles. The maximum absolute atomic E-state index is 5.60. The van der Waals surface area contributed by atoms with Crippen molar-refractivity contribution in [3.05, 3.63) is 42.6 Å². The molecule has 0 bridgehead atoms. The van der Waals surface area contributed by atoms with Crippen LogP contribution in [-0.4, -0.2) is 51.6 Å². The fourth-order valence-corrected chi connectivity index (χ4v) is 3.44. The summed E-state index contributed by atoms with van der Waals surface area (Å²) in [7, 11) is 1.84. The summed E-state index contributed by atoms with van der Waals surface area (Å²) in [5.74, 6) is 2.20. The molecule has 2 aromatic rings. The number of nitrogens with one attached hydrogen (secondary N) is 1. The van der Waals surface area contributed by atoms with Crippen LogP contribution in [0.1, 0.15) is 38.8 Å². The van der Waals surface area contributed by atoms with Gasteiger partial charge in [-0.2, -0.15) is 0 Å². The van der Waals surface area contributed by atoms with E-state index < -0.39 is 0 Å². The van der Waals surface area contributed by atoms with Crippen LogP contribution < -0.4 is 10.1 Å². The van der Waals surface area contributed by atoms with Crippen LogP contribution >= 0.6 is 0 Å². The standard InChI is InChI=1S/C20H30N6O/c1-15(2)27-19-6-5-17(11-23-19)12-24-20(21-4)25-9-7-16(3)18(13-25)26-10-8-22-14-26/h5-6,8,10-11,14-16,18H,7,9,12-13H2,1-4H3,(H,21,24). The molecule has 2 unspecified atom stereocenters. The van der Waals surface area contributed by atoms with Crippen molar-refractivity contribution in [2.75, 3.05) is 20.1 Å². The highest BCUT2D eigenvalue weighted by Gasteiger charge is 2.28. The number of aromatic nitrogens is 3. The molecule has 2 atom stereocenters. The molecule has 3 rings (SSSR count). The number of hydrogen-bond acceptors (Lipinski definition) is 4. The number of imidazole rings is 1. The van der Waals surface area contributed by atoms with E-state index in [4.69, 9.17) is 4.74 Å². The Morgan fingerprint density at radius 2 is 2.26 bits per heavy atom. The van der Waals surface area contributed by atoms with E-state index in [9.17, 15) is 0 Å². The molecule has 0 radical (unpaired) electrons. The van der Waals surface area contributed by atoms with Crippen LogP contribution in [-0.2, 0) is 6.54 Å². The zero-order valence-electron chi connectivity index (χ0n) is 16.7. The van der Waals surface area contributed by atoms with Gasteiger partial charge < -0.3 is 19.5 Å². The maximum Gasteiger partial charge on any atom is 0.213 e. The highest BCUT2D eigenvalue weighted by molar-refractivity contribution is 5.80. The Bertz CT molecular complexity index is 725. The maximum atomic E-state index is 5.60. The first-order valence-electron chi connectivity index (χ1n) is 9.61. The summed E-state index contributed by atoms with van der Waals surface area (Å²) < 4.78 is 7.81. The van der Waals surface area contributed by atoms with Crippen LogP contribution in [0.25, 0.3) is 0 Å². The van der Waals surface area contributed by atoms with Crippen molar-refractivity contribution in [3.63, 3.8) is 0 Å². The van der Waals surface area contributed by atoms with Crippen molar-refractivity contribution < 1.29 is 4.74 Å². The molecule has 0 spiro atoms. The van der Waals surface area contributed by atoms with E-state index in [-0.39, 0.29) is 6.10 Å². The highest BCUT2D eigenvalue weighted by Crippen LogP contribution is 2.27.